The van der Waals surface area contributed by atoms with Crippen LogP contribution in [0.25, 0.3) is 0 Å². The average molecular weight is 221 g/mol. The van der Waals surface area contributed by atoms with Crippen molar-refractivity contribution in [2.24, 2.45) is 4.99 Å². The number of thiocarbonyl (C=S) groups is 1. The van der Waals surface area contributed by atoms with Crippen molar-refractivity contribution < 1.29 is 4.48 Å². The first-order valence-corrected chi connectivity index (χ1v) is 5.39. The number of hydrogen-bond donors (Lipinski definition) is 0. The molecule has 0 heterocycles. The van der Waals surface area contributed by atoms with Gasteiger partial charge in [0.2, 0.25) is 0 Å². The van der Waals surface area contributed by atoms with Crippen LogP contribution in [0.15, 0.2) is 29.3 Å². The molecule has 0 saturated heterocycles. The predicted molar refractivity (Wildman–Crippen MR) is 67.7 cm³/mol. The summed E-state index contributed by atoms with van der Waals surface area (Å²) in [6.07, 6.45) is 1.09. The normalized spacial score (nSPS) is 10.9. The Morgan fingerprint density at radius 2 is 1.80 bits per heavy atom. The van der Waals surface area contributed by atoms with Gasteiger partial charge in [0.25, 0.3) is 0 Å². The predicted octanol–water partition coefficient (Wildman–Crippen LogP) is 2.67. The van der Waals surface area contributed by atoms with Crippen LogP contribution in [0.4, 0.5) is 5.69 Å². The standard InChI is InChI=1S/C12H17N2S/c1-14(2,3)9-8-11-4-6-12(7-5-11)13-10-15/h4-7H,8-9H2,1-3H3/q+1. The number of aliphatic imine (C=N–C) groups is 1. The molecular weight excluding hydrogens is 204 g/mol. The Morgan fingerprint density at radius 1 is 1.20 bits per heavy atom. The maximum absolute atomic E-state index is 4.55. The van der Waals surface area contributed by atoms with Crippen LogP contribution >= 0.6 is 12.2 Å². The Hall–Kier alpha value is -1.02. The molecule has 15 heavy (non-hydrogen) atoms. The second kappa shape index (κ2) is 5.17. The van der Waals surface area contributed by atoms with Gasteiger partial charge in [0.1, 0.15) is 0 Å². The first-order chi connectivity index (χ1) is 7.01. The summed E-state index contributed by atoms with van der Waals surface area (Å²) in [5.41, 5.74) is 2.21. The lowest BCUT2D eigenvalue weighted by molar-refractivity contribution is -0.870. The van der Waals surface area contributed by atoms with E-state index in [9.17, 15) is 0 Å². The summed E-state index contributed by atoms with van der Waals surface area (Å²) in [6, 6.07) is 8.15. The van der Waals surface area contributed by atoms with Crippen molar-refractivity contribution >= 4 is 23.1 Å². The summed E-state index contributed by atoms with van der Waals surface area (Å²) in [5, 5.41) is 2.36. The largest absolute Gasteiger partial charge is 0.331 e. The fourth-order valence-electron chi connectivity index (χ4n) is 1.25. The van der Waals surface area contributed by atoms with Gasteiger partial charge in [-0.05, 0) is 29.9 Å². The van der Waals surface area contributed by atoms with Crippen molar-refractivity contribution in [2.75, 3.05) is 27.7 Å². The second-order valence-electron chi connectivity index (χ2n) is 4.63. The van der Waals surface area contributed by atoms with Gasteiger partial charge in [-0.25, -0.2) is 0 Å². The molecular formula is C12H17N2S+. The third kappa shape index (κ3) is 4.84. The molecule has 0 aliphatic rings. The highest BCUT2D eigenvalue weighted by Crippen LogP contribution is 2.13. The van der Waals surface area contributed by atoms with Crippen LogP contribution in [-0.4, -0.2) is 37.3 Å². The van der Waals surface area contributed by atoms with Crippen LogP contribution in [0.3, 0.4) is 0 Å². The van der Waals surface area contributed by atoms with Gasteiger partial charge in [0.05, 0.1) is 38.5 Å². The Morgan fingerprint density at radius 3 is 2.27 bits per heavy atom. The minimum Gasteiger partial charge on any atom is -0.331 e. The molecule has 1 aromatic rings. The summed E-state index contributed by atoms with van der Waals surface area (Å²) in [5.74, 6) is 0. The second-order valence-corrected chi connectivity index (χ2v) is 4.82. The van der Waals surface area contributed by atoms with Gasteiger partial charge in [-0.2, -0.15) is 4.99 Å². The number of nitrogens with zero attached hydrogens (tertiary/aromatic N) is 2. The lowest BCUT2D eigenvalue weighted by Crippen LogP contribution is -2.36. The highest BCUT2D eigenvalue weighted by molar-refractivity contribution is 7.78. The smallest absolute Gasteiger partial charge is 0.0821 e. The average Bonchev–Trinajstić information content (AvgIpc) is 2.16. The molecule has 3 heteroatoms. The molecule has 0 unspecified atom stereocenters. The molecule has 0 spiro atoms. The molecule has 0 atom stereocenters. The van der Waals surface area contributed by atoms with Gasteiger partial charge in [0.15, 0.2) is 0 Å². The van der Waals surface area contributed by atoms with Crippen LogP contribution in [0.1, 0.15) is 5.56 Å². The summed E-state index contributed by atoms with van der Waals surface area (Å²) in [4.78, 5) is 3.92. The fraction of sp³-hybridized carbons (Fsp3) is 0.417. The molecule has 0 radical (unpaired) electrons. The van der Waals surface area contributed by atoms with E-state index < -0.39 is 0 Å². The van der Waals surface area contributed by atoms with E-state index in [0.717, 1.165) is 23.1 Å². The molecule has 80 valence electrons. The van der Waals surface area contributed by atoms with E-state index in [1.54, 1.807) is 0 Å². The van der Waals surface area contributed by atoms with Crippen LogP contribution in [0.2, 0.25) is 0 Å². The monoisotopic (exact) mass is 221 g/mol. The van der Waals surface area contributed by atoms with E-state index >= 15 is 0 Å². The Bertz CT molecular complexity index is 356. The van der Waals surface area contributed by atoms with Gasteiger partial charge < -0.3 is 4.48 Å². The van der Waals surface area contributed by atoms with Gasteiger partial charge in [0, 0.05) is 6.42 Å². The Balaban J connectivity index is 2.61. The zero-order valence-corrected chi connectivity index (χ0v) is 10.3. The Kier molecular flexibility index (Phi) is 4.15. The maximum Gasteiger partial charge on any atom is 0.0821 e. The van der Waals surface area contributed by atoms with E-state index in [0.29, 0.717) is 0 Å². The van der Waals surface area contributed by atoms with E-state index in [-0.39, 0.29) is 0 Å². The van der Waals surface area contributed by atoms with E-state index in [1.165, 1.54) is 5.56 Å². The molecule has 0 amide bonds. The fourth-order valence-corrected chi connectivity index (χ4v) is 1.36. The summed E-state index contributed by atoms with van der Waals surface area (Å²) in [7, 11) is 6.60. The molecule has 0 fully saturated rings. The zero-order valence-electron chi connectivity index (χ0n) is 9.53. The van der Waals surface area contributed by atoms with Crippen molar-refractivity contribution in [3.63, 3.8) is 0 Å². The molecule has 2 nitrogen and oxygen atoms in total. The van der Waals surface area contributed by atoms with Crippen LogP contribution in [0, 0.1) is 0 Å². The van der Waals surface area contributed by atoms with Gasteiger partial charge in [-0.1, -0.05) is 12.1 Å². The third-order valence-electron chi connectivity index (χ3n) is 2.18. The van der Waals surface area contributed by atoms with Crippen LogP contribution < -0.4 is 0 Å². The molecule has 1 rings (SSSR count). The third-order valence-corrected chi connectivity index (χ3v) is 2.27. The van der Waals surface area contributed by atoms with Crippen molar-refractivity contribution in [1.82, 2.24) is 0 Å². The molecule has 0 N–H and O–H groups in total. The van der Waals surface area contributed by atoms with Crippen LogP contribution in [0.5, 0.6) is 0 Å². The lowest BCUT2D eigenvalue weighted by atomic mass is 10.1. The minimum absolute atomic E-state index is 0.874. The van der Waals surface area contributed by atoms with Crippen molar-refractivity contribution in [3.8, 4) is 0 Å². The highest BCUT2D eigenvalue weighted by Gasteiger charge is 2.06. The zero-order chi connectivity index (χ0) is 11.3. The molecule has 0 aliphatic heterocycles. The molecule has 0 aliphatic carbocycles. The number of quaternary nitrogens is 1. The number of benzene rings is 1. The minimum atomic E-state index is 0.874. The summed E-state index contributed by atoms with van der Waals surface area (Å²) in [6.45, 7) is 1.13. The number of hydrogen-bond acceptors (Lipinski definition) is 2. The van der Waals surface area contributed by atoms with Gasteiger partial charge >= 0.3 is 0 Å². The summed E-state index contributed by atoms with van der Waals surface area (Å²) >= 11 is 4.55. The highest BCUT2D eigenvalue weighted by atomic mass is 32.1. The number of likely N-dealkylation sites (N-methyl/N-ethyl adjacent to an activating group) is 1. The van der Waals surface area contributed by atoms with Crippen molar-refractivity contribution in [2.45, 2.75) is 6.42 Å². The molecule has 0 bridgehead atoms. The SMILES string of the molecule is C[N+](C)(C)CCc1ccc(N=C=S)cc1. The van der Waals surface area contributed by atoms with Gasteiger partial charge in [-0.15, -0.1) is 0 Å². The molecule has 0 aromatic heterocycles. The first-order valence-electron chi connectivity index (χ1n) is 4.98. The first kappa shape index (κ1) is 12.1. The quantitative estimate of drug-likeness (QED) is 0.432. The topological polar surface area (TPSA) is 12.4 Å². The van der Waals surface area contributed by atoms with Crippen molar-refractivity contribution in [3.05, 3.63) is 29.8 Å². The van der Waals surface area contributed by atoms with E-state index in [1.807, 2.05) is 12.1 Å². The lowest BCUT2D eigenvalue weighted by Gasteiger charge is -2.23. The number of rotatable bonds is 4. The van der Waals surface area contributed by atoms with Crippen molar-refractivity contribution in [1.29, 1.82) is 0 Å². The Labute approximate surface area is 96.8 Å². The van der Waals surface area contributed by atoms with Crippen LogP contribution in [-0.2, 0) is 6.42 Å². The number of isothiocyanates is 1. The van der Waals surface area contributed by atoms with E-state index in [4.69, 9.17) is 0 Å². The summed E-state index contributed by atoms with van der Waals surface area (Å²) < 4.78 is 0.986. The maximum atomic E-state index is 4.55. The molecule has 0 saturated carbocycles. The van der Waals surface area contributed by atoms with E-state index in [2.05, 4.69) is 55.6 Å². The molecule has 1 aromatic carbocycles. The van der Waals surface area contributed by atoms with Gasteiger partial charge in [-0.3, -0.25) is 0 Å².